The molecule has 3 aromatic rings. The molecule has 0 saturated heterocycles. The maximum Gasteiger partial charge on any atom is 0.251 e. The van der Waals surface area contributed by atoms with E-state index >= 15 is 0 Å². The van der Waals surface area contributed by atoms with Gasteiger partial charge in [-0.25, -0.2) is 0 Å². The lowest BCUT2D eigenvalue weighted by molar-refractivity contribution is -0.115. The Morgan fingerprint density at radius 2 is 1.61 bits per heavy atom. The van der Waals surface area contributed by atoms with Gasteiger partial charge < -0.3 is 15.4 Å². The largest absolute Gasteiger partial charge is 0.455 e. The van der Waals surface area contributed by atoms with Crippen LogP contribution in [0.2, 0.25) is 5.02 Å². The molecule has 0 radical (unpaired) electrons. The third-order valence-corrected chi connectivity index (χ3v) is 4.18. The maximum atomic E-state index is 12.2. The molecule has 0 aliphatic carbocycles. The van der Waals surface area contributed by atoms with Gasteiger partial charge in [0.25, 0.3) is 5.91 Å². The second-order valence-electron chi connectivity index (χ2n) is 6.15. The van der Waals surface area contributed by atoms with E-state index in [1.807, 2.05) is 37.3 Å². The number of hydrogen-bond donors (Lipinski definition) is 2. The summed E-state index contributed by atoms with van der Waals surface area (Å²) in [6.45, 7) is 1.83. The summed E-state index contributed by atoms with van der Waals surface area (Å²) in [5.74, 6) is 0.477. The first-order valence-corrected chi connectivity index (χ1v) is 9.06. The molecule has 0 fully saturated rings. The van der Waals surface area contributed by atoms with Gasteiger partial charge >= 0.3 is 0 Å². The van der Waals surface area contributed by atoms with Crippen molar-refractivity contribution < 1.29 is 14.3 Å². The average molecular weight is 395 g/mol. The number of rotatable bonds is 6. The van der Waals surface area contributed by atoms with E-state index in [9.17, 15) is 9.59 Å². The Labute approximate surface area is 168 Å². The lowest BCUT2D eigenvalue weighted by Crippen LogP contribution is -2.32. The van der Waals surface area contributed by atoms with Crippen LogP contribution in [-0.2, 0) is 4.79 Å². The molecule has 0 aliphatic rings. The summed E-state index contributed by atoms with van der Waals surface area (Å²) in [6, 6.07) is 21.2. The molecule has 3 rings (SSSR count). The lowest BCUT2D eigenvalue weighted by Gasteiger charge is -2.13. The molecular weight excluding hydrogens is 376 g/mol. The Balaban J connectivity index is 1.60. The minimum absolute atomic E-state index is 0.166. The minimum atomic E-state index is -0.359. The fourth-order valence-electron chi connectivity index (χ4n) is 2.45. The zero-order valence-electron chi connectivity index (χ0n) is 15.2. The average Bonchev–Trinajstić information content (AvgIpc) is 2.70. The van der Waals surface area contributed by atoms with E-state index in [1.165, 1.54) is 0 Å². The molecule has 142 valence electrons. The van der Waals surface area contributed by atoms with Gasteiger partial charge in [0.2, 0.25) is 5.91 Å². The third-order valence-electron chi connectivity index (χ3n) is 3.93. The number of hydrogen-bond acceptors (Lipinski definition) is 3. The van der Waals surface area contributed by atoms with E-state index in [4.69, 9.17) is 16.3 Å². The van der Waals surface area contributed by atoms with Gasteiger partial charge in [-0.3, -0.25) is 9.59 Å². The van der Waals surface area contributed by atoms with Gasteiger partial charge in [-0.1, -0.05) is 41.4 Å². The number of anilines is 1. The number of ether oxygens (including phenoxy) is 1. The van der Waals surface area contributed by atoms with Gasteiger partial charge in [0.15, 0.2) is 5.75 Å². The first-order chi connectivity index (χ1) is 13.5. The third kappa shape index (κ3) is 5.34. The lowest BCUT2D eigenvalue weighted by atomic mass is 10.2. The highest BCUT2D eigenvalue weighted by Gasteiger charge is 2.11. The topological polar surface area (TPSA) is 67.4 Å². The number of carbonyl (C=O) groups excluding carboxylic acids is 2. The summed E-state index contributed by atoms with van der Waals surface area (Å²) in [6.07, 6.45) is 0. The molecule has 5 nitrogen and oxygen atoms in total. The van der Waals surface area contributed by atoms with Crippen LogP contribution in [0.5, 0.6) is 11.5 Å². The van der Waals surface area contributed by atoms with E-state index in [-0.39, 0.29) is 18.4 Å². The minimum Gasteiger partial charge on any atom is -0.455 e. The van der Waals surface area contributed by atoms with Gasteiger partial charge in [0.1, 0.15) is 5.75 Å². The molecule has 0 heterocycles. The predicted octanol–water partition coefficient (Wildman–Crippen LogP) is 4.81. The second-order valence-corrected chi connectivity index (χ2v) is 6.59. The summed E-state index contributed by atoms with van der Waals surface area (Å²) in [5.41, 5.74) is 2.08. The molecule has 0 aromatic heterocycles. The number of halogens is 1. The van der Waals surface area contributed by atoms with Crippen LogP contribution in [0.1, 0.15) is 15.9 Å². The quantitative estimate of drug-likeness (QED) is 0.630. The first kappa shape index (κ1) is 19.5. The standard InChI is InChI=1S/C22H19ClN2O3/c1-15-6-12-18(13-7-15)28-20-5-3-2-4-19(20)25-21(26)14-24-22(27)16-8-10-17(23)11-9-16/h2-13H,14H2,1H3,(H,24,27)(H,25,26). The number of carbonyl (C=O) groups is 2. The van der Waals surface area contributed by atoms with Crippen LogP contribution >= 0.6 is 11.6 Å². The summed E-state index contributed by atoms with van der Waals surface area (Å²) in [7, 11) is 0. The number of nitrogens with one attached hydrogen (secondary N) is 2. The molecule has 6 heteroatoms. The smallest absolute Gasteiger partial charge is 0.251 e. The fraction of sp³-hybridized carbons (Fsp3) is 0.0909. The monoisotopic (exact) mass is 394 g/mol. The van der Waals surface area contributed by atoms with Crippen molar-refractivity contribution in [1.29, 1.82) is 0 Å². The summed E-state index contributed by atoms with van der Waals surface area (Å²) in [4.78, 5) is 24.3. The van der Waals surface area contributed by atoms with Gasteiger partial charge in [-0.15, -0.1) is 0 Å². The molecule has 0 saturated carbocycles. The van der Waals surface area contributed by atoms with Crippen LogP contribution in [-0.4, -0.2) is 18.4 Å². The van der Waals surface area contributed by atoms with Crippen molar-refractivity contribution in [3.63, 3.8) is 0 Å². The number of aryl methyl sites for hydroxylation is 1. The van der Waals surface area contributed by atoms with Crippen LogP contribution in [0.3, 0.4) is 0 Å². The van der Waals surface area contributed by atoms with Crippen LogP contribution in [0.15, 0.2) is 72.8 Å². The van der Waals surface area contributed by atoms with Gasteiger partial charge in [-0.2, -0.15) is 0 Å². The highest BCUT2D eigenvalue weighted by atomic mass is 35.5. The fourth-order valence-corrected chi connectivity index (χ4v) is 2.58. The van der Waals surface area contributed by atoms with Gasteiger partial charge in [0.05, 0.1) is 12.2 Å². The highest BCUT2D eigenvalue weighted by Crippen LogP contribution is 2.29. The van der Waals surface area contributed by atoms with Gasteiger partial charge in [-0.05, 0) is 55.5 Å². The SMILES string of the molecule is Cc1ccc(Oc2ccccc2NC(=O)CNC(=O)c2ccc(Cl)cc2)cc1. The highest BCUT2D eigenvalue weighted by molar-refractivity contribution is 6.30. The molecule has 2 amide bonds. The van der Waals surface area contributed by atoms with Crippen LogP contribution in [0.25, 0.3) is 0 Å². The van der Waals surface area contributed by atoms with Crippen LogP contribution in [0.4, 0.5) is 5.69 Å². The van der Waals surface area contributed by atoms with E-state index in [0.29, 0.717) is 27.8 Å². The van der Waals surface area contributed by atoms with Crippen molar-refractivity contribution in [3.8, 4) is 11.5 Å². The Bertz CT molecular complexity index is 970. The normalized spacial score (nSPS) is 10.2. The number of amides is 2. The zero-order valence-corrected chi connectivity index (χ0v) is 16.0. The van der Waals surface area contributed by atoms with E-state index in [2.05, 4.69) is 10.6 Å². The van der Waals surface area contributed by atoms with Crippen molar-refractivity contribution in [1.82, 2.24) is 5.32 Å². The Kier molecular flexibility index (Phi) is 6.29. The van der Waals surface area contributed by atoms with Crippen molar-refractivity contribution in [3.05, 3.63) is 88.9 Å². The Morgan fingerprint density at radius 1 is 0.929 bits per heavy atom. The van der Waals surface area contributed by atoms with Crippen molar-refractivity contribution >= 4 is 29.1 Å². The maximum absolute atomic E-state index is 12.2. The van der Waals surface area contributed by atoms with Crippen molar-refractivity contribution in [2.45, 2.75) is 6.92 Å². The summed E-state index contributed by atoms with van der Waals surface area (Å²) < 4.78 is 5.86. The number of benzene rings is 3. The molecule has 0 spiro atoms. The van der Waals surface area contributed by atoms with E-state index in [0.717, 1.165) is 5.56 Å². The second kappa shape index (κ2) is 9.06. The van der Waals surface area contributed by atoms with Crippen molar-refractivity contribution in [2.75, 3.05) is 11.9 Å². The van der Waals surface area contributed by atoms with Crippen molar-refractivity contribution in [2.24, 2.45) is 0 Å². The molecular formula is C22H19ClN2O3. The zero-order chi connectivity index (χ0) is 19.9. The molecule has 0 aliphatic heterocycles. The van der Waals surface area contributed by atoms with E-state index < -0.39 is 0 Å². The Hall–Kier alpha value is -3.31. The molecule has 3 aromatic carbocycles. The summed E-state index contributed by atoms with van der Waals surface area (Å²) >= 11 is 5.81. The first-order valence-electron chi connectivity index (χ1n) is 8.68. The van der Waals surface area contributed by atoms with Crippen LogP contribution < -0.4 is 15.4 Å². The molecule has 0 atom stereocenters. The van der Waals surface area contributed by atoms with E-state index in [1.54, 1.807) is 42.5 Å². The molecule has 0 unspecified atom stereocenters. The van der Waals surface area contributed by atoms with Gasteiger partial charge in [0, 0.05) is 10.6 Å². The molecule has 2 N–H and O–H groups in total. The summed E-state index contributed by atoms with van der Waals surface area (Å²) in [5, 5.41) is 5.88. The van der Waals surface area contributed by atoms with Crippen LogP contribution in [0, 0.1) is 6.92 Å². The molecule has 0 bridgehead atoms. The Morgan fingerprint density at radius 3 is 2.32 bits per heavy atom. The number of para-hydroxylation sites is 2. The molecule has 28 heavy (non-hydrogen) atoms. The predicted molar refractivity (Wildman–Crippen MR) is 110 cm³/mol.